The van der Waals surface area contributed by atoms with E-state index in [0.29, 0.717) is 26.1 Å². The zero-order valence-electron chi connectivity index (χ0n) is 13.1. The van der Waals surface area contributed by atoms with E-state index in [4.69, 9.17) is 4.74 Å². The zero-order valence-corrected chi connectivity index (χ0v) is 13.1. The Balaban J connectivity index is 1.51. The maximum absolute atomic E-state index is 12.0. The highest BCUT2D eigenvalue weighted by Crippen LogP contribution is 2.13. The number of hydrogen-bond acceptors (Lipinski definition) is 5. The lowest BCUT2D eigenvalue weighted by Gasteiger charge is -2.23. The second kappa shape index (κ2) is 7.34. The molecule has 1 fully saturated rings. The van der Waals surface area contributed by atoms with Crippen molar-refractivity contribution in [3.05, 3.63) is 41.5 Å². The summed E-state index contributed by atoms with van der Waals surface area (Å²) >= 11 is 0. The summed E-state index contributed by atoms with van der Waals surface area (Å²) in [5.74, 6) is 1.57. The molecule has 0 saturated carbocycles. The van der Waals surface area contributed by atoms with Crippen LogP contribution in [0.3, 0.4) is 0 Å². The standard InChI is InChI=1S/C16H21N5O2/c1-11-18-15(21-20-11)8-12-2-4-13(5-3-12)19-16(22)9-14-10-23-7-6-17-14/h2-5,14,17H,6-10H2,1H3,(H,19,22)(H,18,20,21)/t14-/m1/s1. The van der Waals surface area contributed by atoms with Crippen LogP contribution < -0.4 is 10.6 Å². The highest BCUT2D eigenvalue weighted by atomic mass is 16.5. The number of morpholine rings is 1. The molecule has 1 aliphatic heterocycles. The van der Waals surface area contributed by atoms with Crippen LogP contribution in [0.15, 0.2) is 24.3 Å². The highest BCUT2D eigenvalue weighted by Gasteiger charge is 2.16. The number of aromatic nitrogens is 3. The molecule has 3 rings (SSSR count). The number of nitrogens with zero attached hydrogens (tertiary/aromatic N) is 2. The van der Waals surface area contributed by atoms with E-state index in [1.165, 1.54) is 0 Å². The molecule has 7 nitrogen and oxygen atoms in total. The van der Waals surface area contributed by atoms with Crippen LogP contribution in [-0.4, -0.2) is 46.9 Å². The fourth-order valence-corrected chi connectivity index (χ4v) is 2.54. The van der Waals surface area contributed by atoms with Crippen molar-refractivity contribution < 1.29 is 9.53 Å². The average molecular weight is 315 g/mol. The molecule has 23 heavy (non-hydrogen) atoms. The maximum Gasteiger partial charge on any atom is 0.226 e. The van der Waals surface area contributed by atoms with Gasteiger partial charge in [0.05, 0.1) is 13.2 Å². The summed E-state index contributed by atoms with van der Waals surface area (Å²) in [6.07, 6.45) is 1.08. The predicted molar refractivity (Wildman–Crippen MR) is 86.2 cm³/mol. The third-order valence-electron chi connectivity index (χ3n) is 3.67. The first kappa shape index (κ1) is 15.6. The molecule has 0 bridgehead atoms. The molecule has 0 spiro atoms. The third kappa shape index (κ3) is 4.61. The molecule has 1 aromatic heterocycles. The number of H-pyrrole nitrogens is 1. The van der Waals surface area contributed by atoms with Gasteiger partial charge >= 0.3 is 0 Å². The Kier molecular flexibility index (Phi) is 4.99. The van der Waals surface area contributed by atoms with Crippen molar-refractivity contribution in [3.63, 3.8) is 0 Å². The van der Waals surface area contributed by atoms with Crippen molar-refractivity contribution in [2.75, 3.05) is 25.1 Å². The molecule has 7 heteroatoms. The fraction of sp³-hybridized carbons (Fsp3) is 0.438. The zero-order chi connectivity index (χ0) is 16.1. The number of benzene rings is 1. The summed E-state index contributed by atoms with van der Waals surface area (Å²) in [5.41, 5.74) is 1.89. The van der Waals surface area contributed by atoms with Gasteiger partial charge in [0.2, 0.25) is 5.91 Å². The van der Waals surface area contributed by atoms with Crippen LogP contribution in [0.4, 0.5) is 5.69 Å². The Morgan fingerprint density at radius 3 is 2.87 bits per heavy atom. The average Bonchev–Trinajstić information content (AvgIpc) is 2.95. The third-order valence-corrected chi connectivity index (χ3v) is 3.67. The quantitative estimate of drug-likeness (QED) is 0.766. The molecular formula is C16H21N5O2. The molecule has 1 amide bonds. The molecule has 2 aromatic rings. The smallest absolute Gasteiger partial charge is 0.226 e. The monoisotopic (exact) mass is 315 g/mol. The summed E-state index contributed by atoms with van der Waals surface area (Å²) in [7, 11) is 0. The van der Waals surface area contributed by atoms with Gasteiger partial charge in [-0.25, -0.2) is 4.98 Å². The van der Waals surface area contributed by atoms with Gasteiger partial charge in [-0.2, -0.15) is 5.10 Å². The van der Waals surface area contributed by atoms with Gasteiger partial charge in [0.25, 0.3) is 0 Å². The first-order chi connectivity index (χ1) is 11.2. The molecule has 0 unspecified atom stereocenters. The highest BCUT2D eigenvalue weighted by molar-refractivity contribution is 5.91. The van der Waals surface area contributed by atoms with Crippen LogP contribution in [0, 0.1) is 6.92 Å². The van der Waals surface area contributed by atoms with E-state index in [1.54, 1.807) is 0 Å². The Morgan fingerprint density at radius 2 is 2.22 bits per heavy atom. The van der Waals surface area contributed by atoms with Gasteiger partial charge in [-0.3, -0.25) is 9.89 Å². The van der Waals surface area contributed by atoms with Crippen molar-refractivity contribution in [1.29, 1.82) is 0 Å². The SMILES string of the molecule is Cc1nc(Cc2ccc(NC(=O)C[C@@H]3COCCN3)cc2)n[nH]1. The van der Waals surface area contributed by atoms with Crippen LogP contribution in [0.25, 0.3) is 0 Å². The molecule has 1 aromatic carbocycles. The number of aryl methyl sites for hydroxylation is 1. The number of ether oxygens (including phenoxy) is 1. The number of rotatable bonds is 5. The number of aromatic amines is 1. The number of amides is 1. The van der Waals surface area contributed by atoms with Crippen LogP contribution >= 0.6 is 0 Å². The molecule has 1 saturated heterocycles. The summed E-state index contributed by atoms with van der Waals surface area (Å²) in [5, 5.41) is 13.1. The number of carbonyl (C=O) groups is 1. The fourth-order valence-electron chi connectivity index (χ4n) is 2.54. The minimum Gasteiger partial charge on any atom is -0.378 e. The lowest BCUT2D eigenvalue weighted by molar-refractivity contribution is -0.117. The minimum absolute atomic E-state index is 0.00894. The van der Waals surface area contributed by atoms with E-state index in [0.717, 1.165) is 29.4 Å². The van der Waals surface area contributed by atoms with Gasteiger partial charge in [0, 0.05) is 31.1 Å². The van der Waals surface area contributed by atoms with Gasteiger partial charge in [0.1, 0.15) is 5.82 Å². The lowest BCUT2D eigenvalue weighted by Crippen LogP contribution is -2.43. The molecule has 0 radical (unpaired) electrons. The van der Waals surface area contributed by atoms with Crippen molar-refractivity contribution in [1.82, 2.24) is 20.5 Å². The van der Waals surface area contributed by atoms with E-state index in [1.807, 2.05) is 31.2 Å². The second-order valence-electron chi connectivity index (χ2n) is 5.69. The maximum atomic E-state index is 12.0. The summed E-state index contributed by atoms with van der Waals surface area (Å²) < 4.78 is 5.35. The van der Waals surface area contributed by atoms with E-state index in [-0.39, 0.29) is 11.9 Å². The lowest BCUT2D eigenvalue weighted by atomic mass is 10.1. The minimum atomic E-state index is -0.00894. The van der Waals surface area contributed by atoms with Crippen LogP contribution in [-0.2, 0) is 16.0 Å². The normalized spacial score (nSPS) is 17.9. The van der Waals surface area contributed by atoms with Gasteiger partial charge in [-0.1, -0.05) is 12.1 Å². The van der Waals surface area contributed by atoms with E-state index < -0.39 is 0 Å². The van der Waals surface area contributed by atoms with E-state index >= 15 is 0 Å². The Hall–Kier alpha value is -2.25. The van der Waals surface area contributed by atoms with Gasteiger partial charge < -0.3 is 15.4 Å². The number of nitrogens with one attached hydrogen (secondary N) is 3. The largest absolute Gasteiger partial charge is 0.378 e. The molecular weight excluding hydrogens is 294 g/mol. The first-order valence-electron chi connectivity index (χ1n) is 7.77. The second-order valence-corrected chi connectivity index (χ2v) is 5.69. The van der Waals surface area contributed by atoms with Gasteiger partial charge in [0.15, 0.2) is 5.82 Å². The molecule has 1 atom stereocenters. The molecule has 1 aliphatic rings. The molecule has 0 aliphatic carbocycles. The first-order valence-corrected chi connectivity index (χ1v) is 7.77. The number of hydrogen-bond donors (Lipinski definition) is 3. The van der Waals surface area contributed by atoms with E-state index in [9.17, 15) is 4.79 Å². The van der Waals surface area contributed by atoms with Gasteiger partial charge in [-0.15, -0.1) is 0 Å². The molecule has 3 N–H and O–H groups in total. The Labute approximate surface area is 134 Å². The summed E-state index contributed by atoms with van der Waals surface area (Å²) in [6, 6.07) is 7.85. The number of carbonyl (C=O) groups excluding carboxylic acids is 1. The van der Waals surface area contributed by atoms with Crippen molar-refractivity contribution in [3.8, 4) is 0 Å². The summed E-state index contributed by atoms with van der Waals surface area (Å²) in [4.78, 5) is 16.3. The molecule has 2 heterocycles. The topological polar surface area (TPSA) is 91.9 Å². The Morgan fingerprint density at radius 1 is 1.39 bits per heavy atom. The van der Waals surface area contributed by atoms with Crippen molar-refractivity contribution in [2.24, 2.45) is 0 Å². The summed E-state index contributed by atoms with van der Waals surface area (Å²) in [6.45, 7) is 3.97. The van der Waals surface area contributed by atoms with Crippen LogP contribution in [0.1, 0.15) is 23.6 Å². The molecule has 122 valence electrons. The Bertz CT molecular complexity index is 647. The van der Waals surface area contributed by atoms with E-state index in [2.05, 4.69) is 25.8 Å². The predicted octanol–water partition coefficient (Wildman–Crippen LogP) is 1.02. The number of anilines is 1. The van der Waals surface area contributed by atoms with Crippen LogP contribution in [0.2, 0.25) is 0 Å². The van der Waals surface area contributed by atoms with Gasteiger partial charge in [-0.05, 0) is 24.6 Å². The van der Waals surface area contributed by atoms with Crippen molar-refractivity contribution >= 4 is 11.6 Å². The van der Waals surface area contributed by atoms with Crippen molar-refractivity contribution in [2.45, 2.75) is 25.8 Å². The van der Waals surface area contributed by atoms with Crippen LogP contribution in [0.5, 0.6) is 0 Å².